The Morgan fingerprint density at radius 3 is 2.62 bits per heavy atom. The fourth-order valence-corrected chi connectivity index (χ4v) is 3.19. The molecule has 2 N–H and O–H groups in total. The van der Waals surface area contributed by atoms with Crippen LogP contribution >= 0.6 is 0 Å². The topological polar surface area (TPSA) is 75.6 Å². The van der Waals surface area contributed by atoms with Gasteiger partial charge in [0.25, 0.3) is 0 Å². The van der Waals surface area contributed by atoms with Gasteiger partial charge in [0.15, 0.2) is 0 Å². The lowest BCUT2D eigenvalue weighted by Crippen LogP contribution is -2.38. The second-order valence-electron chi connectivity index (χ2n) is 4.24. The van der Waals surface area contributed by atoms with E-state index in [1.807, 2.05) is 0 Å². The maximum atomic E-state index is 11.8. The van der Waals surface area contributed by atoms with E-state index >= 15 is 0 Å². The zero-order valence-corrected chi connectivity index (χ0v) is 10.5. The standard InChI is InChI=1S/C10H21NO4S/c1-9(12)3-2-6-11-16(13,14)10-4-7-15-8-5-10/h9-12H,2-8H2,1H3. The summed E-state index contributed by atoms with van der Waals surface area (Å²) in [6.45, 7) is 3.16. The molecule has 0 radical (unpaired) electrons. The van der Waals surface area contributed by atoms with Gasteiger partial charge in [-0.25, -0.2) is 13.1 Å². The van der Waals surface area contributed by atoms with E-state index in [1.54, 1.807) is 6.92 Å². The zero-order chi connectivity index (χ0) is 12.0. The molecule has 0 amide bonds. The molecule has 0 aliphatic carbocycles. The molecule has 5 nitrogen and oxygen atoms in total. The second-order valence-corrected chi connectivity index (χ2v) is 6.29. The Bertz CT molecular complexity index is 283. The molecule has 1 unspecified atom stereocenters. The van der Waals surface area contributed by atoms with Crippen molar-refractivity contribution in [3.05, 3.63) is 0 Å². The zero-order valence-electron chi connectivity index (χ0n) is 9.68. The van der Waals surface area contributed by atoms with Crippen LogP contribution < -0.4 is 4.72 Å². The van der Waals surface area contributed by atoms with Gasteiger partial charge in [-0.05, 0) is 32.6 Å². The third-order valence-electron chi connectivity index (χ3n) is 2.71. The Morgan fingerprint density at radius 1 is 1.44 bits per heavy atom. The van der Waals surface area contributed by atoms with Crippen LogP contribution in [-0.4, -0.2) is 44.6 Å². The predicted octanol–water partition coefficient (Wildman–Crippen LogP) is 0.246. The summed E-state index contributed by atoms with van der Waals surface area (Å²) < 4.78 is 31.3. The molecule has 0 aromatic carbocycles. The molecule has 0 saturated carbocycles. The van der Waals surface area contributed by atoms with Crippen molar-refractivity contribution in [3.63, 3.8) is 0 Å². The largest absolute Gasteiger partial charge is 0.393 e. The summed E-state index contributed by atoms with van der Waals surface area (Å²) in [6.07, 6.45) is 2.07. The monoisotopic (exact) mass is 251 g/mol. The fraction of sp³-hybridized carbons (Fsp3) is 1.00. The van der Waals surface area contributed by atoms with Gasteiger partial charge in [-0.3, -0.25) is 0 Å². The van der Waals surface area contributed by atoms with Crippen molar-refractivity contribution in [2.45, 2.75) is 44.0 Å². The van der Waals surface area contributed by atoms with Crippen LogP contribution in [0.25, 0.3) is 0 Å². The van der Waals surface area contributed by atoms with Crippen molar-refractivity contribution in [2.24, 2.45) is 0 Å². The Balaban J connectivity index is 2.27. The Kier molecular flexibility index (Phi) is 5.68. The number of sulfonamides is 1. The van der Waals surface area contributed by atoms with Gasteiger partial charge >= 0.3 is 0 Å². The molecule has 1 aliphatic rings. The lowest BCUT2D eigenvalue weighted by atomic mass is 10.2. The highest BCUT2D eigenvalue weighted by atomic mass is 32.2. The lowest BCUT2D eigenvalue weighted by Gasteiger charge is -2.22. The molecule has 6 heteroatoms. The van der Waals surface area contributed by atoms with Gasteiger partial charge in [0.1, 0.15) is 0 Å². The Labute approximate surface area is 97.2 Å². The number of rotatable bonds is 6. The summed E-state index contributed by atoms with van der Waals surface area (Å²) in [5.74, 6) is 0. The van der Waals surface area contributed by atoms with Gasteiger partial charge in [0.2, 0.25) is 10.0 Å². The number of hydrogen-bond acceptors (Lipinski definition) is 4. The summed E-state index contributed by atoms with van der Waals surface area (Å²) >= 11 is 0. The van der Waals surface area contributed by atoms with E-state index in [1.165, 1.54) is 0 Å². The molecule has 96 valence electrons. The van der Waals surface area contributed by atoms with Crippen LogP contribution in [0.2, 0.25) is 0 Å². The van der Waals surface area contributed by atoms with Gasteiger partial charge in [0.05, 0.1) is 11.4 Å². The molecule has 16 heavy (non-hydrogen) atoms. The van der Waals surface area contributed by atoms with Crippen molar-refractivity contribution in [3.8, 4) is 0 Å². The first kappa shape index (κ1) is 13.9. The van der Waals surface area contributed by atoms with Crippen LogP contribution in [-0.2, 0) is 14.8 Å². The quantitative estimate of drug-likeness (QED) is 0.663. The first-order valence-electron chi connectivity index (χ1n) is 5.76. The SMILES string of the molecule is CC(O)CCCNS(=O)(=O)C1CCOCC1. The Hall–Kier alpha value is -0.170. The third-order valence-corrected chi connectivity index (χ3v) is 4.66. The minimum Gasteiger partial charge on any atom is -0.393 e. The highest BCUT2D eigenvalue weighted by Gasteiger charge is 2.26. The summed E-state index contributed by atoms with van der Waals surface area (Å²) in [6, 6.07) is 0. The fourth-order valence-electron chi connectivity index (χ4n) is 1.72. The number of ether oxygens (including phenoxy) is 1. The molecule has 1 aliphatic heterocycles. The number of aliphatic hydroxyl groups is 1. The molecule has 1 saturated heterocycles. The van der Waals surface area contributed by atoms with Crippen LogP contribution in [0, 0.1) is 0 Å². The normalized spacial score (nSPS) is 20.9. The lowest BCUT2D eigenvalue weighted by molar-refractivity contribution is 0.0981. The molecular formula is C10H21NO4S. The maximum absolute atomic E-state index is 11.8. The molecule has 1 heterocycles. The average Bonchev–Trinajstić information content (AvgIpc) is 2.26. The van der Waals surface area contributed by atoms with Gasteiger partial charge in [0, 0.05) is 19.8 Å². The van der Waals surface area contributed by atoms with Crippen molar-refractivity contribution < 1.29 is 18.3 Å². The average molecular weight is 251 g/mol. The van der Waals surface area contributed by atoms with Crippen LogP contribution in [0.4, 0.5) is 0 Å². The minimum atomic E-state index is -3.19. The summed E-state index contributed by atoms with van der Waals surface area (Å²) in [5, 5.41) is 8.72. The molecule has 0 spiro atoms. The van der Waals surface area contributed by atoms with Crippen LogP contribution in [0.5, 0.6) is 0 Å². The molecule has 0 bridgehead atoms. The predicted molar refractivity (Wildman–Crippen MR) is 61.7 cm³/mol. The van der Waals surface area contributed by atoms with Gasteiger partial charge in [-0.2, -0.15) is 0 Å². The van der Waals surface area contributed by atoms with Gasteiger partial charge < -0.3 is 9.84 Å². The molecule has 0 aromatic heterocycles. The summed E-state index contributed by atoms with van der Waals surface area (Å²) in [5.41, 5.74) is 0. The van der Waals surface area contributed by atoms with Crippen LogP contribution in [0.3, 0.4) is 0 Å². The molecule has 1 fully saturated rings. The Morgan fingerprint density at radius 2 is 2.06 bits per heavy atom. The summed E-state index contributed by atoms with van der Waals surface area (Å²) in [7, 11) is -3.19. The van der Waals surface area contributed by atoms with Crippen LogP contribution in [0.15, 0.2) is 0 Å². The van der Waals surface area contributed by atoms with E-state index in [-0.39, 0.29) is 11.4 Å². The second kappa shape index (κ2) is 6.54. The summed E-state index contributed by atoms with van der Waals surface area (Å²) in [4.78, 5) is 0. The van der Waals surface area contributed by atoms with Crippen molar-refractivity contribution in [1.82, 2.24) is 4.72 Å². The molecule has 0 aromatic rings. The van der Waals surface area contributed by atoms with Crippen molar-refractivity contribution >= 4 is 10.0 Å². The van der Waals surface area contributed by atoms with E-state index in [0.29, 0.717) is 45.4 Å². The first-order chi connectivity index (χ1) is 7.52. The number of aliphatic hydroxyl groups excluding tert-OH is 1. The third kappa shape index (κ3) is 4.78. The molecular weight excluding hydrogens is 230 g/mol. The van der Waals surface area contributed by atoms with E-state index in [2.05, 4.69) is 4.72 Å². The highest BCUT2D eigenvalue weighted by Crippen LogP contribution is 2.14. The molecule has 1 rings (SSSR count). The van der Waals surface area contributed by atoms with Crippen LogP contribution in [0.1, 0.15) is 32.6 Å². The van der Waals surface area contributed by atoms with E-state index < -0.39 is 10.0 Å². The number of nitrogens with one attached hydrogen (secondary N) is 1. The minimum absolute atomic E-state index is 0.312. The number of hydrogen-bond donors (Lipinski definition) is 2. The van der Waals surface area contributed by atoms with Gasteiger partial charge in [-0.15, -0.1) is 0 Å². The van der Waals surface area contributed by atoms with E-state index in [9.17, 15) is 8.42 Å². The maximum Gasteiger partial charge on any atom is 0.214 e. The molecule has 1 atom stereocenters. The van der Waals surface area contributed by atoms with Crippen molar-refractivity contribution in [1.29, 1.82) is 0 Å². The first-order valence-corrected chi connectivity index (χ1v) is 7.31. The van der Waals surface area contributed by atoms with Crippen molar-refractivity contribution in [2.75, 3.05) is 19.8 Å². The smallest absolute Gasteiger partial charge is 0.214 e. The highest BCUT2D eigenvalue weighted by molar-refractivity contribution is 7.90. The van der Waals surface area contributed by atoms with Gasteiger partial charge in [-0.1, -0.05) is 0 Å². The van der Waals surface area contributed by atoms with E-state index in [0.717, 1.165) is 0 Å². The van der Waals surface area contributed by atoms with E-state index in [4.69, 9.17) is 9.84 Å².